The molecule has 0 heterocycles. The summed E-state index contributed by atoms with van der Waals surface area (Å²) in [5.74, 6) is -3.01. The summed E-state index contributed by atoms with van der Waals surface area (Å²) in [7, 11) is 0. The Kier molecular flexibility index (Phi) is 5.18. The van der Waals surface area contributed by atoms with Crippen LogP contribution in [-0.4, -0.2) is 5.91 Å². The van der Waals surface area contributed by atoms with Gasteiger partial charge in [0.2, 0.25) is 0 Å². The number of hydrogen-bond acceptors (Lipinski definition) is 1. The van der Waals surface area contributed by atoms with Crippen molar-refractivity contribution in [2.45, 2.75) is 13.1 Å². The van der Waals surface area contributed by atoms with Crippen LogP contribution in [0.15, 0.2) is 60.7 Å². The first-order valence-corrected chi connectivity index (χ1v) is 8.20. The molecule has 7 heteroatoms. The standard InChI is InChI=1S/C21H14F5NO/c1-12-5-10-16(21(24,25)26)15(11-12)13-6-8-14(9-7-13)27-20(28)19-17(22)3-2-4-18(19)23/h2-11H,1H3,(H,27,28). The molecule has 28 heavy (non-hydrogen) atoms. The van der Waals surface area contributed by atoms with E-state index in [0.29, 0.717) is 11.1 Å². The molecule has 144 valence electrons. The summed E-state index contributed by atoms with van der Waals surface area (Å²) in [6, 6.07) is 12.4. The van der Waals surface area contributed by atoms with E-state index < -0.39 is 34.8 Å². The fourth-order valence-electron chi connectivity index (χ4n) is 2.79. The number of carbonyl (C=O) groups is 1. The minimum absolute atomic E-state index is 0.00512. The highest BCUT2D eigenvalue weighted by Gasteiger charge is 2.33. The first kappa shape index (κ1) is 19.5. The lowest BCUT2D eigenvalue weighted by atomic mass is 9.97. The number of anilines is 1. The molecule has 0 radical (unpaired) electrons. The Balaban J connectivity index is 1.89. The third-order valence-electron chi connectivity index (χ3n) is 4.12. The smallest absolute Gasteiger partial charge is 0.322 e. The lowest BCUT2D eigenvalue weighted by Crippen LogP contribution is -2.15. The molecular weight excluding hydrogens is 377 g/mol. The van der Waals surface area contributed by atoms with Crippen molar-refractivity contribution in [3.63, 3.8) is 0 Å². The number of alkyl halides is 3. The number of benzene rings is 3. The van der Waals surface area contributed by atoms with E-state index >= 15 is 0 Å². The Morgan fingerprint density at radius 1 is 0.893 bits per heavy atom. The average Bonchev–Trinajstić information content (AvgIpc) is 2.61. The Bertz CT molecular complexity index is 1010. The Morgan fingerprint density at radius 2 is 1.50 bits per heavy atom. The molecule has 0 saturated carbocycles. The number of halogens is 5. The Morgan fingerprint density at radius 3 is 2.07 bits per heavy atom. The van der Waals surface area contributed by atoms with Crippen LogP contribution >= 0.6 is 0 Å². The van der Waals surface area contributed by atoms with Gasteiger partial charge in [0.05, 0.1) is 5.56 Å². The molecule has 3 aromatic rings. The van der Waals surface area contributed by atoms with E-state index in [1.165, 1.54) is 36.4 Å². The van der Waals surface area contributed by atoms with Gasteiger partial charge in [-0.15, -0.1) is 0 Å². The largest absolute Gasteiger partial charge is 0.417 e. The molecule has 0 spiro atoms. The predicted octanol–water partition coefficient (Wildman–Crippen LogP) is 6.21. The van der Waals surface area contributed by atoms with Crippen molar-refractivity contribution in [3.05, 3.63) is 89.0 Å². The summed E-state index contributed by atoms with van der Waals surface area (Å²) in [6.07, 6.45) is -4.52. The fourth-order valence-corrected chi connectivity index (χ4v) is 2.79. The number of nitrogens with one attached hydrogen (secondary N) is 1. The molecule has 0 aliphatic heterocycles. The van der Waals surface area contributed by atoms with Gasteiger partial charge in [-0.1, -0.05) is 35.9 Å². The van der Waals surface area contributed by atoms with Crippen molar-refractivity contribution < 1.29 is 26.7 Å². The maximum atomic E-state index is 13.7. The number of hydrogen-bond donors (Lipinski definition) is 1. The quantitative estimate of drug-likeness (QED) is 0.529. The Hall–Kier alpha value is -3.22. The summed E-state index contributed by atoms with van der Waals surface area (Å²) in [6.45, 7) is 1.68. The third-order valence-corrected chi connectivity index (χ3v) is 4.12. The van der Waals surface area contributed by atoms with Gasteiger partial charge in [0.25, 0.3) is 5.91 Å². The lowest BCUT2D eigenvalue weighted by Gasteiger charge is -2.14. The van der Waals surface area contributed by atoms with Crippen LogP contribution in [0.2, 0.25) is 0 Å². The molecule has 0 saturated heterocycles. The minimum atomic E-state index is -4.52. The van der Waals surface area contributed by atoms with Crippen molar-refractivity contribution in [2.75, 3.05) is 5.32 Å². The van der Waals surface area contributed by atoms with Gasteiger partial charge in [-0.2, -0.15) is 13.2 Å². The van der Waals surface area contributed by atoms with E-state index in [9.17, 15) is 26.7 Å². The fraction of sp³-hybridized carbons (Fsp3) is 0.0952. The summed E-state index contributed by atoms with van der Waals surface area (Å²) in [4.78, 5) is 12.1. The second-order valence-electron chi connectivity index (χ2n) is 6.17. The molecule has 3 aromatic carbocycles. The van der Waals surface area contributed by atoms with Crippen molar-refractivity contribution in [3.8, 4) is 11.1 Å². The number of carbonyl (C=O) groups excluding carboxylic acids is 1. The van der Waals surface area contributed by atoms with Gasteiger partial charge in [0.15, 0.2) is 0 Å². The average molecular weight is 391 g/mol. The molecule has 1 N–H and O–H groups in total. The SMILES string of the molecule is Cc1ccc(C(F)(F)F)c(-c2ccc(NC(=O)c3c(F)cccc3F)cc2)c1. The van der Waals surface area contributed by atoms with Gasteiger partial charge in [0, 0.05) is 5.69 Å². The molecule has 0 aliphatic rings. The van der Waals surface area contributed by atoms with E-state index in [2.05, 4.69) is 5.32 Å². The highest BCUT2D eigenvalue weighted by molar-refractivity contribution is 6.04. The van der Waals surface area contributed by atoms with Crippen LogP contribution in [-0.2, 0) is 6.18 Å². The highest BCUT2D eigenvalue weighted by Crippen LogP contribution is 2.37. The molecule has 0 aliphatic carbocycles. The molecule has 2 nitrogen and oxygen atoms in total. The van der Waals surface area contributed by atoms with Crippen molar-refractivity contribution in [1.82, 2.24) is 0 Å². The number of aryl methyl sites for hydroxylation is 1. The topological polar surface area (TPSA) is 29.1 Å². The van der Waals surface area contributed by atoms with Crippen LogP contribution in [0.3, 0.4) is 0 Å². The zero-order chi connectivity index (χ0) is 20.5. The molecule has 0 atom stereocenters. The maximum Gasteiger partial charge on any atom is 0.417 e. The van der Waals surface area contributed by atoms with Gasteiger partial charge >= 0.3 is 6.18 Å². The van der Waals surface area contributed by atoms with E-state index in [1.807, 2.05) is 0 Å². The van der Waals surface area contributed by atoms with Crippen LogP contribution in [0, 0.1) is 18.6 Å². The zero-order valence-electron chi connectivity index (χ0n) is 14.6. The number of amides is 1. The Labute approximate surface area is 157 Å². The van der Waals surface area contributed by atoms with Gasteiger partial charge in [-0.3, -0.25) is 4.79 Å². The van der Waals surface area contributed by atoms with Crippen LogP contribution < -0.4 is 5.32 Å². The normalized spacial score (nSPS) is 11.4. The molecule has 0 aromatic heterocycles. The second-order valence-corrected chi connectivity index (χ2v) is 6.17. The highest BCUT2D eigenvalue weighted by atomic mass is 19.4. The van der Waals surface area contributed by atoms with E-state index in [1.54, 1.807) is 6.92 Å². The molecule has 1 amide bonds. The molecule has 0 bridgehead atoms. The monoisotopic (exact) mass is 391 g/mol. The first-order chi connectivity index (χ1) is 13.2. The van der Waals surface area contributed by atoms with Crippen molar-refractivity contribution in [2.24, 2.45) is 0 Å². The van der Waals surface area contributed by atoms with Crippen LogP contribution in [0.25, 0.3) is 11.1 Å². The van der Waals surface area contributed by atoms with Crippen LogP contribution in [0.1, 0.15) is 21.5 Å². The van der Waals surface area contributed by atoms with Gasteiger partial charge < -0.3 is 5.32 Å². The summed E-state index contributed by atoms with van der Waals surface area (Å²) < 4.78 is 67.1. The zero-order valence-corrected chi connectivity index (χ0v) is 14.6. The molecular formula is C21H14F5NO. The lowest BCUT2D eigenvalue weighted by molar-refractivity contribution is -0.137. The summed E-state index contributed by atoms with van der Waals surface area (Å²) in [5.41, 5.74) is -0.349. The van der Waals surface area contributed by atoms with Gasteiger partial charge in [-0.05, 0) is 48.4 Å². The second kappa shape index (κ2) is 7.42. The maximum absolute atomic E-state index is 13.7. The summed E-state index contributed by atoms with van der Waals surface area (Å²) >= 11 is 0. The predicted molar refractivity (Wildman–Crippen MR) is 95.9 cm³/mol. The minimum Gasteiger partial charge on any atom is -0.322 e. The van der Waals surface area contributed by atoms with Crippen LogP contribution in [0.4, 0.5) is 27.6 Å². The molecule has 3 rings (SSSR count). The van der Waals surface area contributed by atoms with Gasteiger partial charge in [-0.25, -0.2) is 8.78 Å². The molecule has 0 unspecified atom stereocenters. The third kappa shape index (κ3) is 4.03. The first-order valence-electron chi connectivity index (χ1n) is 8.20. The summed E-state index contributed by atoms with van der Waals surface area (Å²) in [5, 5.41) is 2.33. The van der Waals surface area contributed by atoms with E-state index in [4.69, 9.17) is 0 Å². The van der Waals surface area contributed by atoms with Gasteiger partial charge in [0.1, 0.15) is 17.2 Å². The van der Waals surface area contributed by atoms with E-state index in [-0.39, 0.29) is 11.3 Å². The molecule has 0 fully saturated rings. The van der Waals surface area contributed by atoms with Crippen molar-refractivity contribution in [1.29, 1.82) is 0 Å². The van der Waals surface area contributed by atoms with Crippen LogP contribution in [0.5, 0.6) is 0 Å². The number of rotatable bonds is 3. The van der Waals surface area contributed by atoms with E-state index in [0.717, 1.165) is 24.3 Å². The van der Waals surface area contributed by atoms with Crippen molar-refractivity contribution >= 4 is 11.6 Å².